The highest BCUT2D eigenvalue weighted by atomic mass is 16.6. The maximum atomic E-state index is 6.03. The average molecular weight is 390 g/mol. The number of ether oxygens (including phenoxy) is 2. The van der Waals surface area contributed by atoms with Gasteiger partial charge in [0.05, 0.1) is 5.52 Å². The third kappa shape index (κ3) is 3.98. The minimum atomic E-state index is 0.0670. The fourth-order valence-electron chi connectivity index (χ4n) is 4.20. The van der Waals surface area contributed by atoms with Crippen LogP contribution in [0.2, 0.25) is 0 Å². The predicted octanol–water partition coefficient (Wildman–Crippen LogP) is 3.28. The molecule has 2 aliphatic rings. The van der Waals surface area contributed by atoms with Gasteiger partial charge in [-0.25, -0.2) is 9.97 Å². The zero-order valence-corrected chi connectivity index (χ0v) is 16.5. The molecule has 3 heterocycles. The maximum Gasteiger partial charge on any atom is 0.161 e. The Bertz CT molecular complexity index is 967. The van der Waals surface area contributed by atoms with Crippen LogP contribution in [-0.2, 0) is 0 Å². The fraction of sp³-hybridized carbons (Fsp3) is 0.391. The van der Waals surface area contributed by atoms with Gasteiger partial charge in [-0.05, 0) is 49.6 Å². The Hall–Kier alpha value is -2.86. The van der Waals surface area contributed by atoms with Crippen molar-refractivity contribution in [3.8, 4) is 11.5 Å². The molecule has 5 rings (SSSR count). The summed E-state index contributed by atoms with van der Waals surface area (Å²) in [6.07, 6.45) is 4.07. The van der Waals surface area contributed by atoms with E-state index < -0.39 is 0 Å². The van der Waals surface area contributed by atoms with E-state index >= 15 is 0 Å². The fourth-order valence-corrected chi connectivity index (χ4v) is 4.20. The molecule has 150 valence electrons. The molecule has 1 unspecified atom stereocenters. The summed E-state index contributed by atoms with van der Waals surface area (Å²) in [5, 5.41) is 4.73. The van der Waals surface area contributed by atoms with E-state index in [1.54, 1.807) is 6.33 Å². The minimum absolute atomic E-state index is 0.0670. The first-order valence-corrected chi connectivity index (χ1v) is 10.4. The van der Waals surface area contributed by atoms with Gasteiger partial charge in [0.1, 0.15) is 24.9 Å². The van der Waals surface area contributed by atoms with E-state index in [2.05, 4.69) is 32.3 Å². The van der Waals surface area contributed by atoms with Crippen molar-refractivity contribution in [1.29, 1.82) is 0 Å². The molecule has 2 aromatic carbocycles. The first-order valence-electron chi connectivity index (χ1n) is 10.4. The van der Waals surface area contributed by atoms with Crippen LogP contribution in [0.3, 0.4) is 0 Å². The van der Waals surface area contributed by atoms with Crippen LogP contribution in [0, 0.1) is 5.92 Å². The molecule has 6 heteroatoms. The number of para-hydroxylation sites is 3. The summed E-state index contributed by atoms with van der Waals surface area (Å²) < 4.78 is 11.8. The number of anilines is 1. The molecule has 3 aromatic rings. The van der Waals surface area contributed by atoms with Crippen LogP contribution in [0.15, 0.2) is 54.9 Å². The highest BCUT2D eigenvalue weighted by molar-refractivity contribution is 5.89. The molecule has 0 aliphatic carbocycles. The lowest BCUT2D eigenvalue weighted by Gasteiger charge is -2.34. The zero-order chi connectivity index (χ0) is 19.5. The minimum Gasteiger partial charge on any atom is -0.486 e. The van der Waals surface area contributed by atoms with E-state index in [0.29, 0.717) is 12.5 Å². The first-order chi connectivity index (χ1) is 14.4. The third-order valence-electron chi connectivity index (χ3n) is 5.81. The lowest BCUT2D eigenvalue weighted by atomic mass is 9.96. The topological polar surface area (TPSA) is 59.5 Å². The summed E-state index contributed by atoms with van der Waals surface area (Å²) in [6.45, 7) is 4.49. The molecule has 2 aliphatic heterocycles. The van der Waals surface area contributed by atoms with Crippen LogP contribution < -0.4 is 19.7 Å². The number of hydrogen-bond donors (Lipinski definition) is 1. The van der Waals surface area contributed by atoms with Crippen molar-refractivity contribution in [3.63, 3.8) is 0 Å². The molecule has 1 N–H and O–H groups in total. The van der Waals surface area contributed by atoms with E-state index in [1.165, 1.54) is 0 Å². The number of aromatic nitrogens is 2. The Morgan fingerprint density at radius 3 is 2.62 bits per heavy atom. The van der Waals surface area contributed by atoms with Crippen molar-refractivity contribution in [1.82, 2.24) is 15.3 Å². The highest BCUT2D eigenvalue weighted by Crippen LogP contribution is 2.31. The second-order valence-corrected chi connectivity index (χ2v) is 7.80. The molecule has 1 atom stereocenters. The van der Waals surface area contributed by atoms with Crippen molar-refractivity contribution < 1.29 is 9.47 Å². The van der Waals surface area contributed by atoms with Crippen molar-refractivity contribution >= 4 is 16.7 Å². The van der Waals surface area contributed by atoms with Crippen LogP contribution in [-0.4, -0.2) is 48.9 Å². The maximum absolute atomic E-state index is 6.03. The molecule has 1 fully saturated rings. The van der Waals surface area contributed by atoms with Crippen molar-refractivity contribution in [2.75, 3.05) is 37.7 Å². The van der Waals surface area contributed by atoms with Crippen molar-refractivity contribution in [3.05, 3.63) is 54.9 Å². The number of fused-ring (bicyclic) bond motifs is 2. The summed E-state index contributed by atoms with van der Waals surface area (Å²) in [6, 6.07) is 16.1. The van der Waals surface area contributed by atoms with Crippen LogP contribution >= 0.6 is 0 Å². The number of rotatable bonds is 5. The van der Waals surface area contributed by atoms with E-state index in [0.717, 1.165) is 67.2 Å². The molecule has 6 nitrogen and oxygen atoms in total. The number of nitrogens with zero attached hydrogens (tertiary/aromatic N) is 3. The van der Waals surface area contributed by atoms with Crippen LogP contribution in [0.1, 0.15) is 12.8 Å². The molecular formula is C23H26N4O2. The molecular weight excluding hydrogens is 364 g/mol. The van der Waals surface area contributed by atoms with Gasteiger partial charge in [0, 0.05) is 25.0 Å². The Balaban J connectivity index is 1.10. The van der Waals surface area contributed by atoms with Gasteiger partial charge in [0.25, 0.3) is 0 Å². The lowest BCUT2D eigenvalue weighted by molar-refractivity contribution is 0.0894. The van der Waals surface area contributed by atoms with Gasteiger partial charge in [-0.15, -0.1) is 0 Å². The summed E-state index contributed by atoms with van der Waals surface area (Å²) >= 11 is 0. The standard InChI is InChI=1S/C23H26N4O2/c1-2-6-20-19(5-1)23(26-16-25-20)27-11-9-17(10-12-27)13-24-14-18-15-28-21-7-3-4-8-22(21)29-18/h1-8,16-18,24H,9-15H2. The van der Waals surface area contributed by atoms with Gasteiger partial charge in [-0.3, -0.25) is 0 Å². The molecule has 29 heavy (non-hydrogen) atoms. The van der Waals surface area contributed by atoms with Gasteiger partial charge >= 0.3 is 0 Å². The molecule has 0 bridgehead atoms. The molecule has 0 spiro atoms. The van der Waals surface area contributed by atoms with Crippen LogP contribution in [0.25, 0.3) is 10.9 Å². The Kier molecular flexibility index (Phi) is 5.17. The normalized spacial score (nSPS) is 19.4. The summed E-state index contributed by atoms with van der Waals surface area (Å²) in [7, 11) is 0. The number of hydrogen-bond acceptors (Lipinski definition) is 6. The molecule has 1 saturated heterocycles. The SMILES string of the molecule is c1ccc2c(c1)OCC(CNCC1CCN(c3ncnc4ccccc34)CC1)O2. The average Bonchev–Trinajstić information content (AvgIpc) is 2.79. The second kappa shape index (κ2) is 8.25. The summed E-state index contributed by atoms with van der Waals surface area (Å²) in [5.41, 5.74) is 1.01. The lowest BCUT2D eigenvalue weighted by Crippen LogP contribution is -2.42. The van der Waals surface area contributed by atoms with Crippen molar-refractivity contribution in [2.24, 2.45) is 5.92 Å². The number of nitrogens with one attached hydrogen (secondary N) is 1. The van der Waals surface area contributed by atoms with E-state index in [9.17, 15) is 0 Å². The smallest absolute Gasteiger partial charge is 0.161 e. The van der Waals surface area contributed by atoms with Gasteiger partial charge in [-0.2, -0.15) is 0 Å². The highest BCUT2D eigenvalue weighted by Gasteiger charge is 2.23. The Morgan fingerprint density at radius 1 is 0.931 bits per heavy atom. The monoisotopic (exact) mass is 390 g/mol. The van der Waals surface area contributed by atoms with Gasteiger partial charge in [-0.1, -0.05) is 24.3 Å². The van der Waals surface area contributed by atoms with Crippen LogP contribution in [0.5, 0.6) is 11.5 Å². The van der Waals surface area contributed by atoms with Gasteiger partial charge in [0.15, 0.2) is 11.5 Å². The predicted molar refractivity (Wildman–Crippen MR) is 114 cm³/mol. The van der Waals surface area contributed by atoms with E-state index in [1.807, 2.05) is 36.4 Å². The summed E-state index contributed by atoms with van der Waals surface area (Å²) in [4.78, 5) is 11.3. The first kappa shape index (κ1) is 18.2. The zero-order valence-electron chi connectivity index (χ0n) is 16.5. The molecule has 0 radical (unpaired) electrons. The van der Waals surface area contributed by atoms with E-state index in [4.69, 9.17) is 9.47 Å². The molecule has 0 saturated carbocycles. The number of benzene rings is 2. The second-order valence-electron chi connectivity index (χ2n) is 7.80. The largest absolute Gasteiger partial charge is 0.486 e. The van der Waals surface area contributed by atoms with Crippen LogP contribution in [0.4, 0.5) is 5.82 Å². The third-order valence-corrected chi connectivity index (χ3v) is 5.81. The molecule has 1 aromatic heterocycles. The van der Waals surface area contributed by atoms with Crippen molar-refractivity contribution in [2.45, 2.75) is 18.9 Å². The summed E-state index contributed by atoms with van der Waals surface area (Å²) in [5.74, 6) is 3.42. The van der Waals surface area contributed by atoms with Gasteiger partial charge in [0.2, 0.25) is 0 Å². The van der Waals surface area contributed by atoms with E-state index in [-0.39, 0.29) is 6.10 Å². The Morgan fingerprint density at radius 2 is 1.72 bits per heavy atom. The number of piperidine rings is 1. The Labute approximate surface area is 170 Å². The molecule has 0 amide bonds. The quantitative estimate of drug-likeness (QED) is 0.722. The van der Waals surface area contributed by atoms with Gasteiger partial charge < -0.3 is 19.7 Å².